The molecule has 0 atom stereocenters. The molecule has 1 fully saturated rings. The zero-order chi connectivity index (χ0) is 36.7. The molecule has 4 aromatic rings. The number of aromatic amines is 1. The van der Waals surface area contributed by atoms with Crippen molar-refractivity contribution >= 4 is 34.0 Å². The number of nitrogens with one attached hydrogen (secondary N) is 3. The van der Waals surface area contributed by atoms with E-state index in [0.29, 0.717) is 16.5 Å². The summed E-state index contributed by atoms with van der Waals surface area (Å²) in [7, 11) is 5.13. The van der Waals surface area contributed by atoms with E-state index in [0.717, 1.165) is 48.8 Å². The minimum Gasteiger partial charge on any atom is -0.435 e. The van der Waals surface area contributed by atoms with Crippen molar-refractivity contribution in [3.63, 3.8) is 0 Å². The Morgan fingerprint density at radius 2 is 1.67 bits per heavy atom. The first-order chi connectivity index (χ1) is 23.5. The fourth-order valence-corrected chi connectivity index (χ4v) is 4.73. The second-order valence-electron chi connectivity index (χ2n) is 11.0. The van der Waals surface area contributed by atoms with Crippen LogP contribution in [0.15, 0.2) is 85.0 Å². The van der Waals surface area contributed by atoms with Gasteiger partial charge in [0.25, 0.3) is 5.91 Å². The number of piperazine rings is 1. The molecule has 1 aliphatic rings. The Bertz CT molecular complexity index is 1720. The van der Waals surface area contributed by atoms with Crippen molar-refractivity contribution in [3.05, 3.63) is 102 Å². The van der Waals surface area contributed by atoms with Gasteiger partial charge in [-0.05, 0) is 77.3 Å². The molecule has 5 N–H and O–H groups in total. The van der Waals surface area contributed by atoms with Crippen LogP contribution in [0.4, 0.5) is 26.0 Å². The molecule has 0 bridgehead atoms. The third kappa shape index (κ3) is 11.3. The minimum atomic E-state index is -0.535. The first kappa shape index (κ1) is 40.1. The number of amides is 1. The van der Waals surface area contributed by atoms with Crippen molar-refractivity contribution in [2.24, 2.45) is 5.73 Å². The van der Waals surface area contributed by atoms with Crippen LogP contribution in [0.1, 0.15) is 43.7 Å². The Labute approximate surface area is 288 Å². The molecule has 0 saturated carbocycles. The molecule has 2 aromatic carbocycles. The van der Waals surface area contributed by atoms with Gasteiger partial charge in [-0.15, -0.1) is 0 Å². The van der Waals surface area contributed by atoms with Crippen LogP contribution in [0, 0.1) is 12.7 Å². The lowest BCUT2D eigenvalue weighted by Gasteiger charge is -2.34. The summed E-state index contributed by atoms with van der Waals surface area (Å²) in [5.74, 6) is -1.28. The maximum atomic E-state index is 15.1. The number of anilines is 3. The maximum absolute atomic E-state index is 15.1. The van der Waals surface area contributed by atoms with E-state index in [9.17, 15) is 9.18 Å². The predicted octanol–water partition coefficient (Wildman–Crippen LogP) is 7.65. The van der Waals surface area contributed by atoms with Crippen LogP contribution in [-0.2, 0) is 0 Å². The molecule has 1 amide bonds. The summed E-state index contributed by atoms with van der Waals surface area (Å²) < 4.78 is 33.1. The van der Waals surface area contributed by atoms with E-state index in [2.05, 4.69) is 61.3 Å². The lowest BCUT2D eigenvalue weighted by molar-refractivity contribution is 0.0960. The van der Waals surface area contributed by atoms with Crippen molar-refractivity contribution in [1.82, 2.24) is 25.2 Å². The van der Waals surface area contributed by atoms with Gasteiger partial charge in [-0.1, -0.05) is 38.7 Å². The van der Waals surface area contributed by atoms with E-state index in [1.807, 2.05) is 58.9 Å². The summed E-state index contributed by atoms with van der Waals surface area (Å²) in [5, 5.41) is 6.17. The van der Waals surface area contributed by atoms with Gasteiger partial charge in [0, 0.05) is 66.8 Å². The number of ether oxygens (including phenoxy) is 1. The highest BCUT2D eigenvalue weighted by Crippen LogP contribution is 2.33. The summed E-state index contributed by atoms with van der Waals surface area (Å²) >= 11 is 0. The van der Waals surface area contributed by atoms with Gasteiger partial charge in [-0.3, -0.25) is 4.79 Å². The summed E-state index contributed by atoms with van der Waals surface area (Å²) in [6, 6.07) is 12.9. The summed E-state index contributed by atoms with van der Waals surface area (Å²) in [6.45, 7) is 20.2. The summed E-state index contributed by atoms with van der Waals surface area (Å²) in [6.07, 6.45) is 2.93. The number of hydrogen-bond donors (Lipinski definition) is 4. The number of allylic oxidation sites excluding steroid dienone is 4. The number of hydrogen-bond acceptors (Lipinski definition) is 8. The molecule has 264 valence electrons. The molecule has 49 heavy (non-hydrogen) atoms. The van der Waals surface area contributed by atoms with Crippen LogP contribution in [0.25, 0.3) is 10.9 Å². The number of H-pyrrole nitrogens is 1. The molecule has 12 heteroatoms. The second kappa shape index (κ2) is 19.7. The topological polar surface area (TPSA) is 124 Å². The van der Waals surface area contributed by atoms with E-state index in [1.54, 1.807) is 18.2 Å². The molecule has 1 saturated heterocycles. The lowest BCUT2D eigenvalue weighted by Crippen LogP contribution is -2.44. The van der Waals surface area contributed by atoms with Gasteiger partial charge in [0.15, 0.2) is 17.4 Å². The highest BCUT2D eigenvalue weighted by Gasteiger charge is 2.22. The molecule has 0 spiro atoms. The zero-order valence-electron chi connectivity index (χ0n) is 29.9. The second-order valence-corrected chi connectivity index (χ2v) is 11.0. The number of halogens is 2. The summed E-state index contributed by atoms with van der Waals surface area (Å²) in [5.41, 5.74) is 9.34. The van der Waals surface area contributed by atoms with Crippen LogP contribution in [0.2, 0.25) is 0 Å². The number of aryl methyl sites for hydroxylation is 1. The first-order valence-electron chi connectivity index (χ1n) is 16.1. The highest BCUT2D eigenvalue weighted by atomic mass is 19.1. The van der Waals surface area contributed by atoms with Gasteiger partial charge in [0.05, 0.1) is 0 Å². The van der Waals surface area contributed by atoms with Gasteiger partial charge in [-0.2, -0.15) is 0 Å². The number of carbonyl (C=O) groups excluding carboxylic acids is 1. The normalized spacial score (nSPS) is 12.2. The smallest absolute Gasteiger partial charge is 0.260 e. The molecule has 0 radical (unpaired) electrons. The summed E-state index contributed by atoms with van der Waals surface area (Å²) in [4.78, 5) is 28.9. The van der Waals surface area contributed by atoms with Gasteiger partial charge in [-0.25, -0.2) is 18.7 Å². The number of aromatic nitrogens is 3. The highest BCUT2D eigenvalue weighted by molar-refractivity contribution is 6.01. The molecular formula is C37H50F2N8O2. The third-order valence-corrected chi connectivity index (χ3v) is 7.12. The Morgan fingerprint density at radius 1 is 1.04 bits per heavy atom. The fraction of sp³-hybridized carbons (Fsp3) is 0.324. The van der Waals surface area contributed by atoms with Crippen LogP contribution in [0.5, 0.6) is 11.6 Å². The Hall–Kier alpha value is -5.07. The van der Waals surface area contributed by atoms with Crippen molar-refractivity contribution < 1.29 is 18.3 Å². The van der Waals surface area contributed by atoms with E-state index in [4.69, 9.17) is 4.74 Å². The molecule has 5 rings (SSSR count). The number of rotatable bonds is 8. The van der Waals surface area contributed by atoms with E-state index < -0.39 is 17.6 Å². The average molecular weight is 677 g/mol. The predicted molar refractivity (Wildman–Crippen MR) is 198 cm³/mol. The minimum absolute atomic E-state index is 0.0344. The van der Waals surface area contributed by atoms with Crippen LogP contribution >= 0.6 is 0 Å². The monoisotopic (exact) mass is 676 g/mol. The Morgan fingerprint density at radius 3 is 2.22 bits per heavy atom. The van der Waals surface area contributed by atoms with Crippen LogP contribution in [0.3, 0.4) is 0 Å². The number of likely N-dealkylation sites (N-methyl/N-ethyl adjacent to an activating group) is 1. The van der Waals surface area contributed by atoms with Gasteiger partial charge < -0.3 is 35.9 Å². The van der Waals surface area contributed by atoms with E-state index in [-0.39, 0.29) is 23.0 Å². The number of nitrogens with zero attached hydrogens (tertiary/aromatic N) is 4. The largest absolute Gasteiger partial charge is 0.435 e. The maximum Gasteiger partial charge on any atom is 0.260 e. The Balaban J connectivity index is 0.000000553. The van der Waals surface area contributed by atoms with E-state index >= 15 is 4.39 Å². The SMILES string of the molecule is C=C(F)C(=C)C=C(C)C.CC.CN.CNC(=O)c1c(Nc2ccc(N3CCN(C)CC3)cc2)ncnc1Oc1ccc2[nH]c(C)cc2c1F. The van der Waals surface area contributed by atoms with Crippen molar-refractivity contribution in [2.75, 3.05) is 57.5 Å². The van der Waals surface area contributed by atoms with Crippen LogP contribution in [-0.4, -0.2) is 73.1 Å². The quantitative estimate of drug-likeness (QED) is 0.140. The number of benzene rings is 2. The standard InChI is InChI=1S/C26H28FN7O2.C8H11F.C2H6.CH5N/c1-16-14-19-20(31-16)8-9-21(23(19)27)36-26-22(25(35)28-2)24(29-15-30-26)32-17-4-6-18(7-5-17)34-12-10-33(3)11-13-34;1-6(2)5-7(3)8(4)9;2*1-2/h4-9,14-15,31H,10-13H2,1-3H3,(H,28,35)(H,29,30,32);5H,3-4H2,1-2H3;1-2H3;2H2,1H3. The van der Waals surface area contributed by atoms with Crippen molar-refractivity contribution in [2.45, 2.75) is 34.6 Å². The fourth-order valence-electron chi connectivity index (χ4n) is 4.73. The van der Waals surface area contributed by atoms with E-state index in [1.165, 1.54) is 26.5 Å². The molecule has 2 aromatic heterocycles. The van der Waals surface area contributed by atoms with Crippen molar-refractivity contribution in [3.8, 4) is 11.6 Å². The lowest BCUT2D eigenvalue weighted by atomic mass is 10.2. The molecule has 0 unspecified atom stereocenters. The van der Waals surface area contributed by atoms with Crippen LogP contribution < -0.4 is 26.0 Å². The third-order valence-electron chi connectivity index (χ3n) is 7.12. The molecular weight excluding hydrogens is 626 g/mol. The average Bonchev–Trinajstić information content (AvgIpc) is 3.49. The Kier molecular flexibility index (Phi) is 16.1. The van der Waals surface area contributed by atoms with Crippen molar-refractivity contribution in [1.29, 1.82) is 0 Å². The first-order valence-corrected chi connectivity index (χ1v) is 16.1. The number of nitrogens with two attached hydrogens (primary N) is 1. The van der Waals surface area contributed by atoms with Gasteiger partial charge in [0.2, 0.25) is 5.88 Å². The molecule has 0 aliphatic carbocycles. The molecule has 3 heterocycles. The van der Waals surface area contributed by atoms with Gasteiger partial charge >= 0.3 is 0 Å². The number of fused-ring (bicyclic) bond motifs is 1. The van der Waals surface area contributed by atoms with Gasteiger partial charge in [0.1, 0.15) is 17.7 Å². The molecule has 1 aliphatic heterocycles. The molecule has 10 nitrogen and oxygen atoms in total. The number of carbonyl (C=O) groups is 1. The zero-order valence-corrected chi connectivity index (χ0v) is 29.9.